The highest BCUT2D eigenvalue weighted by Crippen LogP contribution is 2.25. The molecule has 0 heterocycles. The molecule has 0 amide bonds. The lowest BCUT2D eigenvalue weighted by atomic mass is 10.1. The van der Waals surface area contributed by atoms with E-state index in [2.05, 4.69) is 25.7 Å². The standard InChI is InChI=1S/C16H27NO3/c1-5-9-20-15-7-6-14(16(18)11-15)12-17(13(2)3)8-10-19-4/h6-7,11,13,18H,5,8-10,12H2,1-4H3. The molecule has 0 radical (unpaired) electrons. The maximum absolute atomic E-state index is 10.1. The molecule has 4 heteroatoms. The van der Waals surface area contributed by atoms with E-state index in [0.717, 1.165) is 24.3 Å². The second-order valence-electron chi connectivity index (χ2n) is 5.20. The minimum absolute atomic E-state index is 0.293. The molecule has 0 aliphatic carbocycles. The number of nitrogens with zero attached hydrogens (tertiary/aromatic N) is 1. The van der Waals surface area contributed by atoms with Crippen LogP contribution >= 0.6 is 0 Å². The molecule has 114 valence electrons. The third-order valence-electron chi connectivity index (χ3n) is 3.22. The highest BCUT2D eigenvalue weighted by Gasteiger charge is 2.12. The Labute approximate surface area is 122 Å². The van der Waals surface area contributed by atoms with Crippen LogP contribution in [0.15, 0.2) is 18.2 Å². The largest absolute Gasteiger partial charge is 0.507 e. The fraction of sp³-hybridized carbons (Fsp3) is 0.625. The van der Waals surface area contributed by atoms with Crippen LogP contribution in [0.5, 0.6) is 11.5 Å². The van der Waals surface area contributed by atoms with Crippen LogP contribution in [0.4, 0.5) is 0 Å². The van der Waals surface area contributed by atoms with E-state index in [4.69, 9.17) is 9.47 Å². The molecule has 0 unspecified atom stereocenters. The first-order valence-corrected chi connectivity index (χ1v) is 7.26. The molecule has 0 saturated carbocycles. The monoisotopic (exact) mass is 281 g/mol. The summed E-state index contributed by atoms with van der Waals surface area (Å²) in [5.74, 6) is 1.02. The van der Waals surface area contributed by atoms with E-state index in [0.29, 0.717) is 31.5 Å². The lowest BCUT2D eigenvalue weighted by molar-refractivity contribution is 0.124. The summed E-state index contributed by atoms with van der Waals surface area (Å²) in [7, 11) is 1.70. The van der Waals surface area contributed by atoms with Crippen LogP contribution in [0, 0.1) is 0 Å². The van der Waals surface area contributed by atoms with Crippen molar-refractivity contribution in [3.8, 4) is 11.5 Å². The molecule has 1 aromatic rings. The van der Waals surface area contributed by atoms with Gasteiger partial charge in [-0.05, 0) is 26.3 Å². The average Bonchev–Trinajstić information content (AvgIpc) is 2.42. The molecule has 0 atom stereocenters. The van der Waals surface area contributed by atoms with E-state index in [1.165, 1.54) is 0 Å². The predicted molar refractivity (Wildman–Crippen MR) is 81.3 cm³/mol. The van der Waals surface area contributed by atoms with Gasteiger partial charge in [0, 0.05) is 37.9 Å². The number of phenolic OH excluding ortho intramolecular Hbond substituents is 1. The lowest BCUT2D eigenvalue weighted by Gasteiger charge is -2.26. The van der Waals surface area contributed by atoms with Crippen molar-refractivity contribution >= 4 is 0 Å². The number of rotatable bonds is 9. The Bertz CT molecular complexity index is 393. The fourth-order valence-corrected chi connectivity index (χ4v) is 1.93. The Hall–Kier alpha value is -1.26. The summed E-state index contributed by atoms with van der Waals surface area (Å²) in [6.45, 7) is 9.27. The number of methoxy groups -OCH3 is 1. The molecule has 0 aliphatic rings. The molecule has 0 bridgehead atoms. The number of ether oxygens (including phenoxy) is 2. The van der Waals surface area contributed by atoms with Gasteiger partial charge in [0.1, 0.15) is 11.5 Å². The van der Waals surface area contributed by atoms with Gasteiger partial charge in [-0.2, -0.15) is 0 Å². The van der Waals surface area contributed by atoms with Crippen molar-refractivity contribution in [3.05, 3.63) is 23.8 Å². The van der Waals surface area contributed by atoms with Crippen molar-refractivity contribution in [3.63, 3.8) is 0 Å². The molecule has 1 aromatic carbocycles. The van der Waals surface area contributed by atoms with Gasteiger partial charge >= 0.3 is 0 Å². The second-order valence-corrected chi connectivity index (χ2v) is 5.20. The van der Waals surface area contributed by atoms with Gasteiger partial charge in [-0.25, -0.2) is 0 Å². The van der Waals surface area contributed by atoms with Crippen LogP contribution in [0.1, 0.15) is 32.8 Å². The average molecular weight is 281 g/mol. The SMILES string of the molecule is CCCOc1ccc(CN(CCOC)C(C)C)c(O)c1. The van der Waals surface area contributed by atoms with E-state index >= 15 is 0 Å². The number of aromatic hydroxyl groups is 1. The highest BCUT2D eigenvalue weighted by atomic mass is 16.5. The predicted octanol–water partition coefficient (Wildman–Crippen LogP) is 3.04. The normalized spacial score (nSPS) is 11.3. The van der Waals surface area contributed by atoms with E-state index in [-0.39, 0.29) is 0 Å². The van der Waals surface area contributed by atoms with E-state index in [1.807, 2.05) is 12.1 Å². The fourth-order valence-electron chi connectivity index (χ4n) is 1.93. The van der Waals surface area contributed by atoms with E-state index < -0.39 is 0 Å². The van der Waals surface area contributed by atoms with E-state index in [9.17, 15) is 5.11 Å². The van der Waals surface area contributed by atoms with Gasteiger partial charge in [-0.15, -0.1) is 0 Å². The Morgan fingerprint density at radius 1 is 1.25 bits per heavy atom. The molecule has 0 aliphatic heterocycles. The smallest absolute Gasteiger partial charge is 0.123 e. The first kappa shape index (κ1) is 16.8. The molecule has 1 rings (SSSR count). The molecular formula is C16H27NO3. The zero-order valence-corrected chi connectivity index (χ0v) is 13.1. The van der Waals surface area contributed by atoms with Crippen molar-refractivity contribution < 1.29 is 14.6 Å². The summed E-state index contributed by atoms with van der Waals surface area (Å²) >= 11 is 0. The van der Waals surface area contributed by atoms with Crippen LogP contribution in [0.25, 0.3) is 0 Å². The third kappa shape index (κ3) is 5.39. The van der Waals surface area contributed by atoms with Crippen molar-refractivity contribution in [1.82, 2.24) is 4.90 Å². The lowest BCUT2D eigenvalue weighted by Crippen LogP contribution is -2.33. The maximum Gasteiger partial charge on any atom is 0.123 e. The quantitative estimate of drug-likeness (QED) is 0.755. The molecule has 4 nitrogen and oxygen atoms in total. The van der Waals surface area contributed by atoms with Crippen molar-refractivity contribution in [2.45, 2.75) is 39.8 Å². The number of phenols is 1. The summed E-state index contributed by atoms with van der Waals surface area (Å²) in [6, 6.07) is 5.95. The summed E-state index contributed by atoms with van der Waals surface area (Å²) in [5, 5.41) is 10.1. The zero-order chi connectivity index (χ0) is 15.0. The number of benzene rings is 1. The van der Waals surface area contributed by atoms with Crippen molar-refractivity contribution in [2.24, 2.45) is 0 Å². The summed E-state index contributed by atoms with van der Waals surface area (Å²) < 4.78 is 10.6. The van der Waals surface area contributed by atoms with Crippen LogP contribution in [-0.4, -0.2) is 42.9 Å². The first-order chi connectivity index (χ1) is 9.58. The van der Waals surface area contributed by atoms with Crippen LogP contribution in [0.2, 0.25) is 0 Å². The Morgan fingerprint density at radius 3 is 2.55 bits per heavy atom. The second kappa shape index (κ2) is 8.82. The third-order valence-corrected chi connectivity index (χ3v) is 3.22. The Kier molecular flexibility index (Phi) is 7.41. The van der Waals surface area contributed by atoms with E-state index in [1.54, 1.807) is 13.2 Å². The van der Waals surface area contributed by atoms with Gasteiger partial charge in [-0.1, -0.05) is 13.0 Å². The van der Waals surface area contributed by atoms with Crippen LogP contribution < -0.4 is 4.74 Å². The molecule has 1 N–H and O–H groups in total. The molecule has 0 saturated heterocycles. The van der Waals surface area contributed by atoms with Gasteiger partial charge in [0.25, 0.3) is 0 Å². The summed E-state index contributed by atoms with van der Waals surface area (Å²) in [6.07, 6.45) is 0.959. The van der Waals surface area contributed by atoms with Gasteiger partial charge in [0.2, 0.25) is 0 Å². The van der Waals surface area contributed by atoms with Gasteiger partial charge in [0.15, 0.2) is 0 Å². The highest BCUT2D eigenvalue weighted by molar-refractivity contribution is 5.39. The topological polar surface area (TPSA) is 41.9 Å². The zero-order valence-electron chi connectivity index (χ0n) is 13.1. The molecule has 0 aromatic heterocycles. The number of hydrogen-bond acceptors (Lipinski definition) is 4. The Balaban J connectivity index is 2.70. The van der Waals surface area contributed by atoms with Gasteiger partial charge in [-0.3, -0.25) is 4.90 Å². The first-order valence-electron chi connectivity index (χ1n) is 7.26. The van der Waals surface area contributed by atoms with Gasteiger partial charge in [0.05, 0.1) is 13.2 Å². The van der Waals surface area contributed by atoms with Gasteiger partial charge < -0.3 is 14.6 Å². The summed E-state index contributed by atoms with van der Waals surface area (Å²) in [5.41, 5.74) is 0.915. The molecule has 0 fully saturated rings. The molecule has 0 spiro atoms. The Morgan fingerprint density at radius 2 is 2.00 bits per heavy atom. The number of hydrogen-bond donors (Lipinski definition) is 1. The molecule has 20 heavy (non-hydrogen) atoms. The maximum atomic E-state index is 10.1. The summed E-state index contributed by atoms with van der Waals surface area (Å²) in [4.78, 5) is 2.27. The molecular weight excluding hydrogens is 254 g/mol. The van der Waals surface area contributed by atoms with Crippen molar-refractivity contribution in [1.29, 1.82) is 0 Å². The van der Waals surface area contributed by atoms with Crippen molar-refractivity contribution in [2.75, 3.05) is 26.9 Å². The van der Waals surface area contributed by atoms with Crippen LogP contribution in [-0.2, 0) is 11.3 Å². The van der Waals surface area contributed by atoms with Crippen LogP contribution in [0.3, 0.4) is 0 Å². The minimum Gasteiger partial charge on any atom is -0.507 e. The minimum atomic E-state index is 0.293.